The maximum atomic E-state index is 12.7. The number of carbonyl (C=O) groups excluding carboxylic acids is 1. The fourth-order valence-corrected chi connectivity index (χ4v) is 14.1. The molecule has 6 heteroatoms. The third-order valence-electron chi connectivity index (χ3n) is 18.2. The lowest BCUT2D eigenvalue weighted by atomic mass is 9.47. The van der Waals surface area contributed by atoms with Crippen LogP contribution in [0.4, 0.5) is 0 Å². The monoisotopic (exact) mass is 841 g/mol. The Balaban J connectivity index is 1.01. The van der Waals surface area contributed by atoms with Crippen molar-refractivity contribution in [2.75, 3.05) is 6.61 Å². The lowest BCUT2D eigenvalue weighted by Crippen LogP contribution is -2.56. The summed E-state index contributed by atoms with van der Waals surface area (Å²) >= 11 is 0. The Morgan fingerprint density at radius 1 is 0.750 bits per heavy atom. The highest BCUT2D eigenvalue weighted by Gasteiger charge is 2.59. The van der Waals surface area contributed by atoms with Crippen LogP contribution >= 0.6 is 0 Å². The van der Waals surface area contributed by atoms with Gasteiger partial charge in [0, 0.05) is 12.3 Å². The van der Waals surface area contributed by atoms with Crippen LogP contribution in [0.3, 0.4) is 0 Å². The first-order chi connectivity index (χ1) is 28.8. The lowest BCUT2D eigenvalue weighted by molar-refractivity contribution is -0.197. The molecule has 6 nitrogen and oxygen atoms in total. The highest BCUT2D eigenvalue weighted by atomic mass is 16.5. The Hall–Kier alpha value is -0.950. The number of fused-ring (bicyclic) bond motifs is 5. The van der Waals surface area contributed by atoms with Crippen LogP contribution in [0.5, 0.6) is 0 Å². The minimum Gasteiger partial charge on any atom is -0.465 e. The molecule has 0 aliphatic heterocycles. The number of aliphatic hydroxyl groups excluding tert-OH is 3. The van der Waals surface area contributed by atoms with Gasteiger partial charge in [-0.25, -0.2) is 0 Å². The van der Waals surface area contributed by atoms with E-state index in [0.29, 0.717) is 18.3 Å². The van der Waals surface area contributed by atoms with E-state index in [1.165, 1.54) is 128 Å². The van der Waals surface area contributed by atoms with Gasteiger partial charge >= 0.3 is 5.97 Å². The predicted molar refractivity (Wildman–Crippen MR) is 248 cm³/mol. The summed E-state index contributed by atoms with van der Waals surface area (Å²) in [4.78, 5) is 12.7. The highest BCUT2D eigenvalue weighted by molar-refractivity contribution is 5.69. The Morgan fingerprint density at radius 3 is 2.00 bits per heavy atom. The van der Waals surface area contributed by atoms with Crippen molar-refractivity contribution in [3.8, 4) is 0 Å². The predicted octanol–water partition coefficient (Wildman–Crippen LogP) is 13.3. The summed E-state index contributed by atoms with van der Waals surface area (Å²) in [6, 6.07) is 0. The number of rotatable bonds is 26. The van der Waals surface area contributed by atoms with Gasteiger partial charge in [0.25, 0.3) is 0 Å². The molecule has 5 aliphatic carbocycles. The van der Waals surface area contributed by atoms with Gasteiger partial charge in [0.05, 0.1) is 24.9 Å². The van der Waals surface area contributed by atoms with Crippen LogP contribution in [0.2, 0.25) is 0 Å². The number of hydrogen-bond donors (Lipinski definition) is 3. The van der Waals surface area contributed by atoms with E-state index in [4.69, 9.17) is 9.47 Å². The average Bonchev–Trinajstić information content (AvgIpc) is 3.59. The maximum Gasteiger partial charge on any atom is 0.305 e. The molecule has 0 aromatic heterocycles. The minimum atomic E-state index is -1.32. The highest BCUT2D eigenvalue weighted by Crippen LogP contribution is 2.67. The van der Waals surface area contributed by atoms with Crippen molar-refractivity contribution in [3.05, 3.63) is 11.6 Å². The Morgan fingerprint density at radius 2 is 1.38 bits per heavy atom. The summed E-state index contributed by atoms with van der Waals surface area (Å²) in [5, 5.41) is 32.9. The fraction of sp³-hybridized carbons (Fsp3) is 0.944. The third-order valence-corrected chi connectivity index (χ3v) is 18.2. The van der Waals surface area contributed by atoms with E-state index in [9.17, 15) is 20.1 Å². The lowest BCUT2D eigenvalue weighted by Gasteiger charge is -2.58. The van der Waals surface area contributed by atoms with Crippen LogP contribution in [0.25, 0.3) is 0 Å². The minimum absolute atomic E-state index is 0.0142. The van der Waals surface area contributed by atoms with Crippen LogP contribution in [-0.4, -0.2) is 58.4 Å². The van der Waals surface area contributed by atoms with E-state index in [2.05, 4.69) is 54.5 Å². The van der Waals surface area contributed by atoms with E-state index < -0.39 is 30.3 Å². The standard InChI is InChI=1S/C54H96O6/c1-8-10-11-12-13-14-15-16-17-18-19-20-21-22-23-24-49(55)59-37-41-35-48(51(57)52(58)50(41)56)60-43-31-33-53(6)42(36-43)27-28-44-46-30-29-45(54(46,7)34-32-47(44)53)39(5)25-26-40(9-2)38(3)4/h27,38-41,43-48,50-52,56-58H,8-26,28-37H2,1-7H3. The van der Waals surface area contributed by atoms with Crippen LogP contribution in [0.15, 0.2) is 11.6 Å². The molecule has 0 spiro atoms. The second-order valence-electron chi connectivity index (χ2n) is 22.3. The van der Waals surface area contributed by atoms with Gasteiger partial charge in [-0.15, -0.1) is 0 Å². The molecule has 4 fully saturated rings. The van der Waals surface area contributed by atoms with Gasteiger partial charge < -0.3 is 24.8 Å². The molecule has 0 bridgehead atoms. The molecule has 3 N–H and O–H groups in total. The van der Waals surface area contributed by atoms with Crippen LogP contribution in [0.1, 0.15) is 228 Å². The molecule has 0 aromatic carbocycles. The second-order valence-corrected chi connectivity index (χ2v) is 22.3. The first kappa shape index (κ1) is 50.1. The first-order valence-corrected chi connectivity index (χ1v) is 26.4. The van der Waals surface area contributed by atoms with E-state index >= 15 is 0 Å². The Kier molecular flexibility index (Phi) is 20.3. The molecule has 60 heavy (non-hydrogen) atoms. The summed E-state index contributed by atoms with van der Waals surface area (Å²) in [6.45, 7) is 17.3. The van der Waals surface area contributed by atoms with Gasteiger partial charge in [0.2, 0.25) is 0 Å². The number of hydrogen-bond acceptors (Lipinski definition) is 6. The van der Waals surface area contributed by atoms with E-state index in [0.717, 1.165) is 80.0 Å². The Bertz CT molecular complexity index is 1280. The molecule has 14 atom stereocenters. The van der Waals surface area contributed by atoms with Crippen molar-refractivity contribution < 1.29 is 29.6 Å². The molecule has 4 saturated carbocycles. The third kappa shape index (κ3) is 12.9. The van der Waals surface area contributed by atoms with Gasteiger partial charge in [0.1, 0.15) is 12.2 Å². The largest absolute Gasteiger partial charge is 0.465 e. The van der Waals surface area contributed by atoms with Crippen LogP contribution < -0.4 is 0 Å². The summed E-state index contributed by atoms with van der Waals surface area (Å²) < 4.78 is 12.3. The molecule has 14 unspecified atom stereocenters. The number of aliphatic hydroxyl groups is 3. The molecule has 0 heterocycles. The number of carbonyl (C=O) groups is 1. The van der Waals surface area contributed by atoms with Gasteiger partial charge in [-0.1, -0.05) is 163 Å². The van der Waals surface area contributed by atoms with Crippen molar-refractivity contribution in [2.24, 2.45) is 58.2 Å². The van der Waals surface area contributed by atoms with Gasteiger partial charge in [-0.05, 0) is 123 Å². The zero-order valence-electron chi connectivity index (χ0n) is 40.2. The van der Waals surface area contributed by atoms with Crippen LogP contribution in [0, 0.1) is 58.2 Å². The number of unbranched alkanes of at least 4 members (excludes halogenated alkanes) is 14. The zero-order chi connectivity index (χ0) is 43.3. The first-order valence-electron chi connectivity index (χ1n) is 26.4. The number of allylic oxidation sites excluding steroid dienone is 1. The van der Waals surface area contributed by atoms with E-state index in [1.54, 1.807) is 5.57 Å². The Labute approximate surface area is 369 Å². The van der Waals surface area contributed by atoms with E-state index in [-0.39, 0.29) is 24.1 Å². The molecule has 0 saturated heterocycles. The van der Waals surface area contributed by atoms with Crippen molar-refractivity contribution in [2.45, 2.75) is 259 Å². The number of ether oxygens (including phenoxy) is 2. The van der Waals surface area contributed by atoms with E-state index in [1.807, 2.05) is 0 Å². The van der Waals surface area contributed by atoms with Crippen molar-refractivity contribution in [1.82, 2.24) is 0 Å². The molecule has 5 aliphatic rings. The average molecular weight is 841 g/mol. The fourth-order valence-electron chi connectivity index (χ4n) is 14.1. The van der Waals surface area contributed by atoms with Gasteiger partial charge in [-0.3, -0.25) is 4.79 Å². The molecular weight excluding hydrogens is 745 g/mol. The van der Waals surface area contributed by atoms with Crippen molar-refractivity contribution >= 4 is 5.97 Å². The number of esters is 1. The SMILES string of the molecule is CCCCCCCCCCCCCCCCCC(=O)OCC1CC(OC2CCC3(C)C(=CCC4C3CCC3(C)C(C(C)CCC(CC)C(C)C)CCC43)C2)C(O)C(O)C1O. The van der Waals surface area contributed by atoms with Gasteiger partial charge in [-0.2, -0.15) is 0 Å². The topological polar surface area (TPSA) is 96.2 Å². The second kappa shape index (κ2) is 24.4. The van der Waals surface area contributed by atoms with Crippen molar-refractivity contribution in [3.63, 3.8) is 0 Å². The maximum absolute atomic E-state index is 12.7. The van der Waals surface area contributed by atoms with Gasteiger partial charge in [0.15, 0.2) is 0 Å². The summed E-state index contributed by atoms with van der Waals surface area (Å²) in [6.07, 6.45) is 32.2. The summed E-state index contributed by atoms with van der Waals surface area (Å²) in [5.74, 6) is 4.97. The van der Waals surface area contributed by atoms with Crippen molar-refractivity contribution in [1.29, 1.82) is 0 Å². The molecule has 0 radical (unpaired) electrons. The summed E-state index contributed by atoms with van der Waals surface area (Å²) in [5.41, 5.74) is 2.24. The molecule has 348 valence electrons. The summed E-state index contributed by atoms with van der Waals surface area (Å²) in [7, 11) is 0. The van der Waals surface area contributed by atoms with Crippen LogP contribution in [-0.2, 0) is 14.3 Å². The zero-order valence-corrected chi connectivity index (χ0v) is 40.2. The molecule has 5 rings (SSSR count). The molecule has 0 amide bonds. The normalized spacial score (nSPS) is 36.3. The quantitative estimate of drug-likeness (QED) is 0.0456. The molecular formula is C54H96O6. The smallest absolute Gasteiger partial charge is 0.305 e. The molecule has 0 aromatic rings.